The molecule has 0 saturated carbocycles. The zero-order chi connectivity index (χ0) is 27.2. The molecular weight excluding hydrogens is 458 g/mol. The number of hydrogen-bond acceptors (Lipinski definition) is 5. The Morgan fingerprint density at radius 1 is 1.25 bits per heavy atom. The average Bonchev–Trinajstić information content (AvgIpc) is 3.32. The number of likely N-dealkylation sites (tertiary alicyclic amines) is 1. The highest BCUT2D eigenvalue weighted by molar-refractivity contribution is 5.99. The molecule has 3 heterocycles. The first-order chi connectivity index (χ1) is 16.8. The van der Waals surface area contributed by atoms with E-state index in [-0.39, 0.29) is 30.2 Å². The largest absolute Gasteiger partial charge is 0.394 e. The van der Waals surface area contributed by atoms with E-state index >= 15 is 0 Å². The van der Waals surface area contributed by atoms with Gasteiger partial charge in [0.15, 0.2) is 0 Å². The third-order valence-electron chi connectivity index (χ3n) is 8.53. The highest BCUT2D eigenvalue weighted by Crippen LogP contribution is 2.65. The van der Waals surface area contributed by atoms with E-state index in [1.54, 1.807) is 28.9 Å². The van der Waals surface area contributed by atoms with E-state index in [1.165, 1.54) is 4.90 Å². The predicted octanol–water partition coefficient (Wildman–Crippen LogP) is 2.62. The molecule has 3 unspecified atom stereocenters. The SMILES string of the molecule is C=CCN(CCC)C(=O)[C@H]1[C@H]2C(=O)N([C@H](C)CO)C(C(=O)N(CC=C)C(C)(C)C)C23CC(C)[C@]1(C)O3. The van der Waals surface area contributed by atoms with E-state index in [4.69, 9.17) is 4.74 Å². The summed E-state index contributed by atoms with van der Waals surface area (Å²) in [5.41, 5.74) is -2.54. The molecule has 36 heavy (non-hydrogen) atoms. The Kier molecular flexibility index (Phi) is 7.83. The third-order valence-corrected chi connectivity index (χ3v) is 8.53. The molecular formula is C28H45N3O5. The van der Waals surface area contributed by atoms with E-state index in [0.717, 1.165) is 6.42 Å². The van der Waals surface area contributed by atoms with Gasteiger partial charge in [0.05, 0.1) is 30.1 Å². The van der Waals surface area contributed by atoms with Gasteiger partial charge in [-0.15, -0.1) is 13.2 Å². The molecule has 0 aromatic carbocycles. The fourth-order valence-electron chi connectivity index (χ4n) is 6.78. The van der Waals surface area contributed by atoms with Crippen molar-refractivity contribution in [1.29, 1.82) is 0 Å². The van der Waals surface area contributed by atoms with Crippen molar-refractivity contribution in [1.82, 2.24) is 14.7 Å². The molecule has 7 atom stereocenters. The standard InChI is InChI=1S/C28H45N3O5/c1-10-13-29(14-11-2)23(33)20-21-24(34)31(19(5)17-32)22(25(35)30(15-12-3)26(6,7)8)28(21)16-18(4)27(20,9)36-28/h10,12,18-22,32H,1,3,11,13-17H2,2,4-9H3/t18?,19-,20-,21+,22?,27+,28?/m1/s1. The summed E-state index contributed by atoms with van der Waals surface area (Å²) in [7, 11) is 0. The molecule has 3 amide bonds. The lowest BCUT2D eigenvalue weighted by Gasteiger charge is -2.43. The van der Waals surface area contributed by atoms with Crippen LogP contribution in [-0.2, 0) is 19.1 Å². The van der Waals surface area contributed by atoms with Crippen LogP contribution >= 0.6 is 0 Å². The minimum absolute atomic E-state index is 0.0371. The summed E-state index contributed by atoms with van der Waals surface area (Å²) in [6, 6.07) is -1.53. The van der Waals surface area contributed by atoms with Gasteiger partial charge >= 0.3 is 0 Å². The second-order valence-corrected chi connectivity index (χ2v) is 12.0. The maximum absolute atomic E-state index is 14.3. The van der Waals surface area contributed by atoms with Crippen molar-refractivity contribution in [3.63, 3.8) is 0 Å². The van der Waals surface area contributed by atoms with Crippen molar-refractivity contribution in [2.45, 2.75) is 90.1 Å². The van der Waals surface area contributed by atoms with Crippen LogP contribution in [-0.4, -0.2) is 92.6 Å². The first kappa shape index (κ1) is 28.4. The van der Waals surface area contributed by atoms with Crippen molar-refractivity contribution in [2.24, 2.45) is 17.8 Å². The number of aliphatic hydroxyl groups is 1. The quantitative estimate of drug-likeness (QED) is 0.463. The predicted molar refractivity (Wildman–Crippen MR) is 139 cm³/mol. The lowest BCUT2D eigenvalue weighted by molar-refractivity contribution is -0.159. The van der Waals surface area contributed by atoms with Crippen LogP contribution < -0.4 is 0 Å². The molecule has 2 bridgehead atoms. The highest BCUT2D eigenvalue weighted by Gasteiger charge is 2.80. The van der Waals surface area contributed by atoms with Crippen LogP contribution in [0.1, 0.15) is 61.3 Å². The zero-order valence-electron chi connectivity index (χ0n) is 23.1. The van der Waals surface area contributed by atoms with Crippen LogP contribution in [0, 0.1) is 17.8 Å². The Morgan fingerprint density at radius 2 is 1.86 bits per heavy atom. The minimum atomic E-state index is -1.14. The van der Waals surface area contributed by atoms with Crippen molar-refractivity contribution < 1.29 is 24.2 Å². The van der Waals surface area contributed by atoms with E-state index in [2.05, 4.69) is 13.2 Å². The number of nitrogens with zero attached hydrogens (tertiary/aromatic N) is 3. The lowest BCUT2D eigenvalue weighted by Crippen LogP contribution is -2.61. The molecule has 0 aromatic heterocycles. The number of aliphatic hydroxyl groups excluding tert-OH is 1. The highest BCUT2D eigenvalue weighted by atomic mass is 16.5. The van der Waals surface area contributed by atoms with Gasteiger partial charge in [0.1, 0.15) is 11.6 Å². The summed E-state index contributed by atoms with van der Waals surface area (Å²) in [6.07, 6.45) is 4.65. The van der Waals surface area contributed by atoms with Gasteiger partial charge in [0.25, 0.3) is 0 Å². The molecule has 8 nitrogen and oxygen atoms in total. The van der Waals surface area contributed by atoms with Crippen LogP contribution in [0.25, 0.3) is 0 Å². The Bertz CT molecular complexity index is 913. The zero-order valence-corrected chi connectivity index (χ0v) is 23.1. The summed E-state index contributed by atoms with van der Waals surface area (Å²) < 4.78 is 6.80. The van der Waals surface area contributed by atoms with Crippen LogP contribution in [0.3, 0.4) is 0 Å². The number of rotatable bonds is 10. The van der Waals surface area contributed by atoms with Crippen LogP contribution in [0.5, 0.6) is 0 Å². The third kappa shape index (κ3) is 4.10. The van der Waals surface area contributed by atoms with Gasteiger partial charge in [-0.25, -0.2) is 0 Å². The van der Waals surface area contributed by atoms with Gasteiger partial charge in [-0.2, -0.15) is 0 Å². The summed E-state index contributed by atoms with van der Waals surface area (Å²) in [4.78, 5) is 47.5. The monoisotopic (exact) mass is 503 g/mol. The maximum Gasteiger partial charge on any atom is 0.249 e. The van der Waals surface area contributed by atoms with E-state index in [1.807, 2.05) is 41.5 Å². The molecule has 3 fully saturated rings. The number of fused-ring (bicyclic) bond motifs is 1. The molecule has 202 valence electrons. The van der Waals surface area contributed by atoms with Crippen molar-refractivity contribution in [3.8, 4) is 0 Å². The van der Waals surface area contributed by atoms with Gasteiger partial charge in [-0.1, -0.05) is 26.0 Å². The summed E-state index contributed by atoms with van der Waals surface area (Å²) in [5.74, 6) is -2.19. The van der Waals surface area contributed by atoms with Gasteiger partial charge in [-0.3, -0.25) is 14.4 Å². The van der Waals surface area contributed by atoms with Gasteiger partial charge in [0, 0.05) is 25.2 Å². The second-order valence-electron chi connectivity index (χ2n) is 12.0. The van der Waals surface area contributed by atoms with Crippen molar-refractivity contribution >= 4 is 17.7 Å². The molecule has 3 aliphatic heterocycles. The van der Waals surface area contributed by atoms with E-state index in [0.29, 0.717) is 26.1 Å². The Hall–Kier alpha value is -2.19. The van der Waals surface area contributed by atoms with Gasteiger partial charge in [-0.05, 0) is 53.4 Å². The minimum Gasteiger partial charge on any atom is -0.394 e. The first-order valence-electron chi connectivity index (χ1n) is 13.2. The average molecular weight is 504 g/mol. The van der Waals surface area contributed by atoms with Crippen molar-refractivity contribution in [2.75, 3.05) is 26.2 Å². The Morgan fingerprint density at radius 3 is 2.36 bits per heavy atom. The normalized spacial score (nSPS) is 33.9. The Labute approximate surface area is 216 Å². The lowest BCUT2D eigenvalue weighted by atomic mass is 9.62. The van der Waals surface area contributed by atoms with Gasteiger partial charge < -0.3 is 24.5 Å². The fourth-order valence-corrected chi connectivity index (χ4v) is 6.78. The van der Waals surface area contributed by atoms with Crippen molar-refractivity contribution in [3.05, 3.63) is 25.3 Å². The molecule has 1 spiro atoms. The topological polar surface area (TPSA) is 90.4 Å². The number of carbonyl (C=O) groups is 3. The summed E-state index contributed by atoms with van der Waals surface area (Å²) >= 11 is 0. The number of hydrogen-bond donors (Lipinski definition) is 1. The van der Waals surface area contributed by atoms with E-state index in [9.17, 15) is 19.5 Å². The fraction of sp³-hybridized carbons (Fsp3) is 0.750. The van der Waals surface area contributed by atoms with Gasteiger partial charge in [0.2, 0.25) is 17.7 Å². The smallest absolute Gasteiger partial charge is 0.249 e. The number of carbonyl (C=O) groups excluding carboxylic acids is 3. The van der Waals surface area contributed by atoms with Crippen LogP contribution in [0.4, 0.5) is 0 Å². The molecule has 3 aliphatic rings. The van der Waals surface area contributed by atoms with Crippen LogP contribution in [0.15, 0.2) is 25.3 Å². The first-order valence-corrected chi connectivity index (χ1v) is 13.2. The summed E-state index contributed by atoms with van der Waals surface area (Å²) in [6.45, 7) is 22.1. The number of amides is 3. The molecule has 8 heteroatoms. The molecule has 3 rings (SSSR count). The number of ether oxygens (including phenoxy) is 1. The summed E-state index contributed by atoms with van der Waals surface area (Å²) in [5, 5.41) is 10.1. The second kappa shape index (κ2) is 9.93. The van der Waals surface area contributed by atoms with Crippen LogP contribution in [0.2, 0.25) is 0 Å². The molecule has 0 aliphatic carbocycles. The Balaban J connectivity index is 2.18. The molecule has 1 N–H and O–H groups in total. The van der Waals surface area contributed by atoms with E-state index < -0.39 is 40.7 Å². The molecule has 3 saturated heterocycles. The molecule has 0 aromatic rings. The molecule has 0 radical (unpaired) electrons. The maximum atomic E-state index is 14.3.